The highest BCUT2D eigenvalue weighted by Gasteiger charge is 2.30. The molecule has 144 valence electrons. The summed E-state index contributed by atoms with van der Waals surface area (Å²) < 4.78 is 2.02. The van der Waals surface area contributed by atoms with Crippen LogP contribution in [0.15, 0.2) is 66.7 Å². The molecule has 0 radical (unpaired) electrons. The summed E-state index contributed by atoms with van der Waals surface area (Å²) in [6, 6.07) is 21.2. The van der Waals surface area contributed by atoms with Crippen molar-refractivity contribution in [3.63, 3.8) is 0 Å². The molecular weight excluding hydrogens is 350 g/mol. The lowest BCUT2D eigenvalue weighted by Gasteiger charge is -2.24. The van der Waals surface area contributed by atoms with Crippen molar-refractivity contribution in [3.8, 4) is 5.69 Å². The molecule has 0 atom stereocenters. The molecular formula is C23H25N3O2. The summed E-state index contributed by atoms with van der Waals surface area (Å²) in [5, 5.41) is 0. The highest BCUT2D eigenvalue weighted by molar-refractivity contribution is 5.98. The summed E-state index contributed by atoms with van der Waals surface area (Å²) in [6.45, 7) is 7.49. The maximum absolute atomic E-state index is 12.7. The predicted molar refractivity (Wildman–Crippen MR) is 110 cm³/mol. The summed E-state index contributed by atoms with van der Waals surface area (Å²) in [5.74, 6) is -0.614. The number of amides is 2. The molecule has 0 aliphatic carbocycles. The van der Waals surface area contributed by atoms with Gasteiger partial charge < -0.3 is 4.57 Å². The predicted octanol–water partition coefficient (Wildman–Crippen LogP) is 3.83. The van der Waals surface area contributed by atoms with Crippen molar-refractivity contribution < 1.29 is 9.59 Å². The van der Waals surface area contributed by atoms with E-state index in [1.807, 2.05) is 99.0 Å². The Balaban J connectivity index is 1.75. The smallest absolute Gasteiger partial charge is 0.271 e. The van der Waals surface area contributed by atoms with E-state index >= 15 is 0 Å². The van der Waals surface area contributed by atoms with E-state index in [4.69, 9.17) is 0 Å². The first-order valence-electron chi connectivity index (χ1n) is 9.23. The number of carbonyl (C=O) groups excluding carboxylic acids is 2. The van der Waals surface area contributed by atoms with E-state index in [0.717, 1.165) is 22.6 Å². The van der Waals surface area contributed by atoms with Crippen LogP contribution in [0, 0.1) is 13.8 Å². The first-order valence-corrected chi connectivity index (χ1v) is 9.23. The average Bonchev–Trinajstić information content (AvgIpc) is 3.01. The first-order chi connectivity index (χ1) is 13.3. The van der Waals surface area contributed by atoms with Gasteiger partial charge in [-0.25, -0.2) is 0 Å². The van der Waals surface area contributed by atoms with E-state index in [0.29, 0.717) is 5.56 Å². The van der Waals surface area contributed by atoms with E-state index in [2.05, 4.69) is 10.9 Å². The Morgan fingerprint density at radius 3 is 2.04 bits per heavy atom. The van der Waals surface area contributed by atoms with Gasteiger partial charge in [-0.15, -0.1) is 0 Å². The second kappa shape index (κ2) is 7.72. The van der Waals surface area contributed by atoms with E-state index in [1.165, 1.54) is 0 Å². The zero-order valence-corrected chi connectivity index (χ0v) is 16.6. The molecule has 2 N–H and O–H groups in total. The molecule has 3 aromatic rings. The third-order valence-electron chi connectivity index (χ3n) is 5.04. The number of carbonyl (C=O) groups is 2. The van der Waals surface area contributed by atoms with E-state index < -0.39 is 5.41 Å². The second-order valence-corrected chi connectivity index (χ2v) is 7.36. The van der Waals surface area contributed by atoms with Gasteiger partial charge in [-0.05, 0) is 51.5 Å². The summed E-state index contributed by atoms with van der Waals surface area (Å²) in [4.78, 5) is 25.3. The van der Waals surface area contributed by atoms with Gasteiger partial charge >= 0.3 is 0 Å². The highest BCUT2D eigenvalue weighted by Crippen LogP contribution is 2.23. The first kappa shape index (κ1) is 19.4. The molecule has 28 heavy (non-hydrogen) atoms. The molecule has 0 fully saturated rings. The van der Waals surface area contributed by atoms with Crippen LogP contribution in [0.25, 0.3) is 5.69 Å². The fraction of sp³-hybridized carbons (Fsp3) is 0.217. The van der Waals surface area contributed by atoms with E-state index in [-0.39, 0.29) is 11.8 Å². The zero-order chi connectivity index (χ0) is 20.3. The number of hydrazine groups is 1. The van der Waals surface area contributed by atoms with Gasteiger partial charge in [-0.2, -0.15) is 0 Å². The molecule has 2 aromatic carbocycles. The third-order valence-corrected chi connectivity index (χ3v) is 5.04. The van der Waals surface area contributed by atoms with Crippen LogP contribution >= 0.6 is 0 Å². The van der Waals surface area contributed by atoms with Gasteiger partial charge in [-0.1, -0.05) is 48.5 Å². The van der Waals surface area contributed by atoms with Crippen LogP contribution < -0.4 is 10.9 Å². The number of hydrogen-bond acceptors (Lipinski definition) is 2. The maximum atomic E-state index is 12.7. The SMILES string of the molecule is Cc1cc(C(=O)NNC(=O)C(C)(C)c2ccccc2)c(C)n1-c1ccccc1. The van der Waals surface area contributed by atoms with E-state index in [1.54, 1.807) is 0 Å². The lowest BCUT2D eigenvalue weighted by Crippen LogP contribution is -2.49. The molecule has 0 saturated heterocycles. The quantitative estimate of drug-likeness (QED) is 0.681. The number of aryl methyl sites for hydroxylation is 1. The average molecular weight is 375 g/mol. The van der Waals surface area contributed by atoms with Crippen molar-refractivity contribution in [2.24, 2.45) is 0 Å². The largest absolute Gasteiger partial charge is 0.318 e. The van der Waals surface area contributed by atoms with Gasteiger partial charge in [0.25, 0.3) is 5.91 Å². The Labute approximate surface area is 165 Å². The van der Waals surface area contributed by atoms with Crippen LogP contribution in [-0.2, 0) is 10.2 Å². The Kier molecular flexibility index (Phi) is 5.36. The molecule has 1 aromatic heterocycles. The van der Waals surface area contributed by atoms with Gasteiger partial charge in [-0.3, -0.25) is 20.4 Å². The third kappa shape index (κ3) is 3.69. The van der Waals surface area contributed by atoms with Crippen LogP contribution in [0.5, 0.6) is 0 Å². The molecule has 0 spiro atoms. The molecule has 0 unspecified atom stereocenters. The lowest BCUT2D eigenvalue weighted by molar-refractivity contribution is -0.126. The van der Waals surface area contributed by atoms with Crippen molar-refractivity contribution in [3.05, 3.63) is 89.2 Å². The molecule has 2 amide bonds. The van der Waals surface area contributed by atoms with Crippen LogP contribution in [0.2, 0.25) is 0 Å². The summed E-state index contributed by atoms with van der Waals surface area (Å²) in [6.07, 6.45) is 0. The number of benzene rings is 2. The normalized spacial score (nSPS) is 11.1. The van der Waals surface area contributed by atoms with E-state index in [9.17, 15) is 9.59 Å². The summed E-state index contributed by atoms with van der Waals surface area (Å²) in [7, 11) is 0. The van der Waals surface area contributed by atoms with Crippen molar-refractivity contribution in [2.75, 3.05) is 0 Å². The Bertz CT molecular complexity index is 989. The Morgan fingerprint density at radius 1 is 0.857 bits per heavy atom. The minimum Gasteiger partial charge on any atom is -0.318 e. The van der Waals surface area contributed by atoms with Gasteiger partial charge in [0, 0.05) is 17.1 Å². The van der Waals surface area contributed by atoms with Crippen LogP contribution in [0.4, 0.5) is 0 Å². The van der Waals surface area contributed by atoms with Crippen LogP contribution in [0.1, 0.15) is 41.2 Å². The molecule has 3 rings (SSSR count). The number of hydrogen-bond donors (Lipinski definition) is 2. The lowest BCUT2D eigenvalue weighted by atomic mass is 9.84. The fourth-order valence-electron chi connectivity index (χ4n) is 3.29. The van der Waals surface area contributed by atoms with Gasteiger partial charge in [0.15, 0.2) is 0 Å². The maximum Gasteiger partial charge on any atom is 0.271 e. The zero-order valence-electron chi connectivity index (χ0n) is 16.6. The molecule has 5 heteroatoms. The summed E-state index contributed by atoms with van der Waals surface area (Å²) in [5.41, 5.74) is 8.52. The van der Waals surface area contributed by atoms with Gasteiger partial charge in [0.2, 0.25) is 5.91 Å². The second-order valence-electron chi connectivity index (χ2n) is 7.36. The Hall–Kier alpha value is -3.34. The summed E-state index contributed by atoms with van der Waals surface area (Å²) >= 11 is 0. The van der Waals surface area contributed by atoms with Crippen LogP contribution in [0.3, 0.4) is 0 Å². The Morgan fingerprint density at radius 2 is 1.43 bits per heavy atom. The van der Waals surface area contributed by atoms with Crippen molar-refractivity contribution in [1.82, 2.24) is 15.4 Å². The van der Waals surface area contributed by atoms with Gasteiger partial charge in [0.05, 0.1) is 11.0 Å². The van der Waals surface area contributed by atoms with Gasteiger partial charge in [0.1, 0.15) is 0 Å². The molecule has 1 heterocycles. The molecule has 5 nitrogen and oxygen atoms in total. The number of nitrogens with one attached hydrogen (secondary N) is 2. The monoisotopic (exact) mass is 375 g/mol. The molecule has 0 aliphatic heterocycles. The standard InChI is InChI=1S/C23H25N3O2/c1-16-15-20(17(2)26(16)19-13-9-6-10-14-19)21(27)24-25-22(28)23(3,4)18-11-7-5-8-12-18/h5-15H,1-4H3,(H,24,27)(H,25,28). The van der Waals surface area contributed by atoms with Crippen molar-refractivity contribution in [1.29, 1.82) is 0 Å². The fourth-order valence-corrected chi connectivity index (χ4v) is 3.29. The van der Waals surface area contributed by atoms with Crippen molar-refractivity contribution in [2.45, 2.75) is 33.1 Å². The minimum atomic E-state index is -0.768. The molecule has 0 aliphatic rings. The number of para-hydroxylation sites is 1. The highest BCUT2D eigenvalue weighted by atomic mass is 16.2. The number of nitrogens with zero attached hydrogens (tertiary/aromatic N) is 1. The number of aromatic nitrogens is 1. The molecule has 0 saturated carbocycles. The topological polar surface area (TPSA) is 63.1 Å². The number of rotatable bonds is 4. The van der Waals surface area contributed by atoms with Crippen molar-refractivity contribution >= 4 is 11.8 Å². The van der Waals surface area contributed by atoms with Crippen LogP contribution in [-0.4, -0.2) is 16.4 Å². The molecule has 0 bridgehead atoms. The minimum absolute atomic E-state index is 0.274.